The van der Waals surface area contributed by atoms with E-state index in [-0.39, 0.29) is 24.6 Å². The third kappa shape index (κ3) is 3.47. The maximum absolute atomic E-state index is 12.1. The van der Waals surface area contributed by atoms with Gasteiger partial charge in [-0.15, -0.1) is 0 Å². The highest BCUT2D eigenvalue weighted by molar-refractivity contribution is 5.82. The number of aliphatic hydroxyl groups is 1. The average molecular weight is 214 g/mol. The van der Waals surface area contributed by atoms with Crippen LogP contribution in [0.2, 0.25) is 0 Å². The molecule has 4 heteroatoms. The number of aliphatic hydroxyl groups excluding tert-OH is 1. The number of hydrogen-bond acceptors (Lipinski definition) is 3. The molecule has 0 aromatic heterocycles. The lowest BCUT2D eigenvalue weighted by atomic mass is 10.1. The van der Waals surface area contributed by atoms with Crippen molar-refractivity contribution in [2.45, 2.75) is 45.2 Å². The van der Waals surface area contributed by atoms with Crippen molar-refractivity contribution >= 4 is 5.91 Å². The van der Waals surface area contributed by atoms with E-state index in [9.17, 15) is 4.79 Å². The van der Waals surface area contributed by atoms with Gasteiger partial charge in [-0.25, -0.2) is 0 Å². The Hall–Kier alpha value is -0.610. The van der Waals surface area contributed by atoms with Gasteiger partial charge in [-0.1, -0.05) is 0 Å². The van der Waals surface area contributed by atoms with Crippen LogP contribution in [0.1, 0.15) is 33.1 Å². The van der Waals surface area contributed by atoms with Crippen LogP contribution in [0.3, 0.4) is 0 Å². The average Bonchev–Trinajstić information content (AvgIpc) is 2.70. The van der Waals surface area contributed by atoms with Crippen molar-refractivity contribution in [1.29, 1.82) is 0 Å². The predicted octanol–water partition coefficient (Wildman–Crippen LogP) is 0.358. The highest BCUT2D eigenvalue weighted by Gasteiger charge is 2.27. The first-order chi connectivity index (χ1) is 7.16. The lowest BCUT2D eigenvalue weighted by Crippen LogP contribution is -2.47. The summed E-state index contributed by atoms with van der Waals surface area (Å²) in [4.78, 5) is 13.9. The second-order valence-corrected chi connectivity index (χ2v) is 4.35. The smallest absolute Gasteiger partial charge is 0.239 e. The standard InChI is InChI=1S/C11H22N2O2/c1-9(2)13(7-4-8-14)11(15)10-5-3-6-12-10/h9-10,12,14H,3-8H2,1-2H3. The van der Waals surface area contributed by atoms with Crippen LogP contribution in [-0.4, -0.2) is 47.7 Å². The van der Waals surface area contributed by atoms with Gasteiger partial charge in [0, 0.05) is 19.2 Å². The molecule has 1 aliphatic rings. The van der Waals surface area contributed by atoms with Crippen LogP contribution in [0.25, 0.3) is 0 Å². The number of carbonyl (C=O) groups is 1. The molecule has 1 unspecified atom stereocenters. The molecule has 1 saturated heterocycles. The summed E-state index contributed by atoms with van der Waals surface area (Å²) in [5.74, 6) is 0.191. The molecule has 2 N–H and O–H groups in total. The van der Waals surface area contributed by atoms with Crippen molar-refractivity contribution in [1.82, 2.24) is 10.2 Å². The normalized spacial score (nSPS) is 20.9. The summed E-state index contributed by atoms with van der Waals surface area (Å²) in [6.45, 7) is 5.79. The molecule has 1 atom stereocenters. The molecular formula is C11H22N2O2. The number of hydrogen-bond donors (Lipinski definition) is 2. The Balaban J connectivity index is 2.49. The molecule has 0 saturated carbocycles. The molecule has 88 valence electrons. The molecule has 1 aliphatic heterocycles. The van der Waals surface area contributed by atoms with Crippen LogP contribution < -0.4 is 5.32 Å². The zero-order valence-corrected chi connectivity index (χ0v) is 9.70. The second-order valence-electron chi connectivity index (χ2n) is 4.35. The Morgan fingerprint density at radius 1 is 1.60 bits per heavy atom. The van der Waals surface area contributed by atoms with E-state index >= 15 is 0 Å². The first-order valence-corrected chi connectivity index (χ1v) is 5.81. The summed E-state index contributed by atoms with van der Waals surface area (Å²) >= 11 is 0. The van der Waals surface area contributed by atoms with Gasteiger partial charge in [-0.3, -0.25) is 4.79 Å². The second kappa shape index (κ2) is 6.08. The fourth-order valence-electron chi connectivity index (χ4n) is 1.96. The molecule has 1 fully saturated rings. The summed E-state index contributed by atoms with van der Waals surface area (Å²) in [5, 5.41) is 12.0. The van der Waals surface area contributed by atoms with E-state index < -0.39 is 0 Å². The number of rotatable bonds is 5. The summed E-state index contributed by atoms with van der Waals surface area (Å²) in [6, 6.07) is 0.220. The fraction of sp³-hybridized carbons (Fsp3) is 0.909. The Bertz CT molecular complexity index is 201. The van der Waals surface area contributed by atoms with Crippen molar-refractivity contribution in [3.63, 3.8) is 0 Å². The fourth-order valence-corrected chi connectivity index (χ4v) is 1.96. The molecule has 0 aliphatic carbocycles. The van der Waals surface area contributed by atoms with Gasteiger partial charge >= 0.3 is 0 Å². The number of nitrogens with one attached hydrogen (secondary N) is 1. The molecule has 0 radical (unpaired) electrons. The molecule has 0 spiro atoms. The van der Waals surface area contributed by atoms with E-state index in [2.05, 4.69) is 5.32 Å². The van der Waals surface area contributed by atoms with E-state index in [1.54, 1.807) is 0 Å². The van der Waals surface area contributed by atoms with E-state index in [1.165, 1.54) is 0 Å². The lowest BCUT2D eigenvalue weighted by molar-refractivity contribution is -0.134. The summed E-state index contributed by atoms with van der Waals surface area (Å²) in [5.41, 5.74) is 0. The van der Waals surface area contributed by atoms with E-state index in [0.717, 1.165) is 19.4 Å². The Morgan fingerprint density at radius 2 is 2.33 bits per heavy atom. The first-order valence-electron chi connectivity index (χ1n) is 5.81. The molecule has 1 heterocycles. The molecule has 0 aromatic carbocycles. The SMILES string of the molecule is CC(C)N(CCCO)C(=O)C1CCCN1. The van der Waals surface area contributed by atoms with Gasteiger partial charge in [-0.05, 0) is 39.7 Å². The zero-order valence-electron chi connectivity index (χ0n) is 9.70. The van der Waals surface area contributed by atoms with E-state index in [0.29, 0.717) is 13.0 Å². The largest absolute Gasteiger partial charge is 0.396 e. The highest BCUT2D eigenvalue weighted by atomic mass is 16.3. The van der Waals surface area contributed by atoms with Crippen LogP contribution in [0.5, 0.6) is 0 Å². The number of carbonyl (C=O) groups excluding carboxylic acids is 1. The predicted molar refractivity (Wildman–Crippen MR) is 59.6 cm³/mol. The van der Waals surface area contributed by atoms with Crippen LogP contribution in [-0.2, 0) is 4.79 Å². The minimum absolute atomic E-state index is 0.00564. The zero-order chi connectivity index (χ0) is 11.3. The van der Waals surface area contributed by atoms with Gasteiger partial charge in [0.1, 0.15) is 0 Å². The monoisotopic (exact) mass is 214 g/mol. The summed E-state index contributed by atoms with van der Waals surface area (Å²) in [6.07, 6.45) is 2.69. The van der Waals surface area contributed by atoms with Crippen molar-refractivity contribution in [3.8, 4) is 0 Å². The van der Waals surface area contributed by atoms with Gasteiger partial charge in [-0.2, -0.15) is 0 Å². The first kappa shape index (κ1) is 12.5. The molecule has 1 amide bonds. The van der Waals surface area contributed by atoms with Crippen LogP contribution in [0, 0.1) is 0 Å². The van der Waals surface area contributed by atoms with Crippen molar-refractivity contribution in [2.75, 3.05) is 19.7 Å². The van der Waals surface area contributed by atoms with Crippen molar-refractivity contribution in [3.05, 3.63) is 0 Å². The Morgan fingerprint density at radius 3 is 2.80 bits per heavy atom. The molecular weight excluding hydrogens is 192 g/mol. The van der Waals surface area contributed by atoms with Crippen molar-refractivity contribution in [2.24, 2.45) is 0 Å². The third-order valence-electron chi connectivity index (χ3n) is 2.82. The highest BCUT2D eigenvalue weighted by Crippen LogP contribution is 2.11. The number of amides is 1. The lowest BCUT2D eigenvalue weighted by Gasteiger charge is -2.29. The number of nitrogens with zero attached hydrogens (tertiary/aromatic N) is 1. The van der Waals surface area contributed by atoms with Gasteiger partial charge in [0.15, 0.2) is 0 Å². The van der Waals surface area contributed by atoms with Gasteiger partial charge in [0.25, 0.3) is 0 Å². The van der Waals surface area contributed by atoms with Crippen LogP contribution >= 0.6 is 0 Å². The van der Waals surface area contributed by atoms with Gasteiger partial charge in [0.05, 0.1) is 6.04 Å². The van der Waals surface area contributed by atoms with Gasteiger partial charge < -0.3 is 15.3 Å². The molecule has 15 heavy (non-hydrogen) atoms. The topological polar surface area (TPSA) is 52.6 Å². The third-order valence-corrected chi connectivity index (χ3v) is 2.82. The van der Waals surface area contributed by atoms with Crippen molar-refractivity contribution < 1.29 is 9.90 Å². The molecule has 0 aromatic rings. The maximum Gasteiger partial charge on any atom is 0.239 e. The van der Waals surface area contributed by atoms with Crippen LogP contribution in [0.4, 0.5) is 0 Å². The molecule has 0 bridgehead atoms. The maximum atomic E-state index is 12.1. The Labute approximate surface area is 91.6 Å². The van der Waals surface area contributed by atoms with Crippen LogP contribution in [0.15, 0.2) is 0 Å². The minimum atomic E-state index is 0.00564. The molecule has 4 nitrogen and oxygen atoms in total. The van der Waals surface area contributed by atoms with E-state index in [1.807, 2.05) is 18.7 Å². The quantitative estimate of drug-likeness (QED) is 0.694. The molecule has 1 rings (SSSR count). The Kier molecular flexibility index (Phi) is 5.05. The summed E-state index contributed by atoms with van der Waals surface area (Å²) in [7, 11) is 0. The minimum Gasteiger partial charge on any atom is -0.396 e. The van der Waals surface area contributed by atoms with E-state index in [4.69, 9.17) is 5.11 Å². The summed E-state index contributed by atoms with van der Waals surface area (Å²) < 4.78 is 0. The van der Waals surface area contributed by atoms with Gasteiger partial charge in [0.2, 0.25) is 5.91 Å².